The maximum absolute atomic E-state index is 12.5. The lowest BCUT2D eigenvalue weighted by Gasteiger charge is -2.14. The van der Waals surface area contributed by atoms with Crippen molar-refractivity contribution in [1.29, 1.82) is 0 Å². The number of allylic oxidation sites excluding steroid dienone is 2. The molecule has 4 rings (SSSR count). The van der Waals surface area contributed by atoms with Crippen molar-refractivity contribution in [3.63, 3.8) is 0 Å². The fraction of sp³-hybridized carbons (Fsp3) is 0. The molecule has 2 aliphatic rings. The summed E-state index contributed by atoms with van der Waals surface area (Å²) in [6, 6.07) is 11.2. The van der Waals surface area contributed by atoms with Crippen molar-refractivity contribution < 1.29 is 9.59 Å². The fourth-order valence-electron chi connectivity index (χ4n) is 2.77. The standard InChI is InChI=1S/C18H10O2/c19-17-7-3-5-12-9-16-13(10-15(12)17)8-11-4-1-2-6-14(11)18(16)20/h1-10H. The molecule has 0 saturated heterocycles. The van der Waals surface area contributed by atoms with Gasteiger partial charge < -0.3 is 0 Å². The van der Waals surface area contributed by atoms with Crippen LogP contribution in [0.1, 0.15) is 31.8 Å². The lowest BCUT2D eigenvalue weighted by Crippen LogP contribution is -2.29. The van der Waals surface area contributed by atoms with E-state index in [1.54, 1.807) is 12.2 Å². The summed E-state index contributed by atoms with van der Waals surface area (Å²) in [4.78, 5) is 24.4. The Balaban J connectivity index is 2.11. The topological polar surface area (TPSA) is 34.1 Å². The minimum Gasteiger partial charge on any atom is -0.289 e. The molecule has 0 aliphatic heterocycles. The molecular weight excluding hydrogens is 248 g/mol. The molecule has 0 unspecified atom stereocenters. The molecular formula is C18H10O2. The zero-order chi connectivity index (χ0) is 13.7. The lowest BCUT2D eigenvalue weighted by atomic mass is 9.88. The predicted octanol–water partition coefficient (Wildman–Crippen LogP) is 1.59. The highest BCUT2D eigenvalue weighted by Crippen LogP contribution is 2.17. The van der Waals surface area contributed by atoms with Crippen molar-refractivity contribution in [2.75, 3.05) is 0 Å². The molecule has 0 saturated carbocycles. The molecule has 0 aromatic heterocycles. The van der Waals surface area contributed by atoms with Crippen molar-refractivity contribution in [2.45, 2.75) is 0 Å². The van der Waals surface area contributed by atoms with Crippen molar-refractivity contribution in [3.8, 4) is 0 Å². The van der Waals surface area contributed by atoms with E-state index in [1.807, 2.05) is 48.6 Å². The van der Waals surface area contributed by atoms with Crippen LogP contribution in [-0.4, -0.2) is 11.6 Å². The highest BCUT2D eigenvalue weighted by Gasteiger charge is 2.20. The van der Waals surface area contributed by atoms with E-state index in [0.717, 1.165) is 21.6 Å². The summed E-state index contributed by atoms with van der Waals surface area (Å²) in [5.74, 6) is 0.0151. The Hall–Kier alpha value is -2.74. The van der Waals surface area contributed by atoms with Crippen LogP contribution in [0.25, 0.3) is 12.2 Å². The molecule has 2 heteroatoms. The van der Waals surface area contributed by atoms with E-state index in [-0.39, 0.29) is 11.6 Å². The lowest BCUT2D eigenvalue weighted by molar-refractivity contribution is 0.102. The number of hydrogen-bond acceptors (Lipinski definition) is 2. The summed E-state index contributed by atoms with van der Waals surface area (Å²) in [5.41, 5.74) is 2.96. The normalized spacial score (nSPS) is 14.8. The molecule has 2 nitrogen and oxygen atoms in total. The van der Waals surface area contributed by atoms with Gasteiger partial charge in [-0.3, -0.25) is 9.59 Å². The molecule has 0 N–H and O–H groups in total. The van der Waals surface area contributed by atoms with E-state index < -0.39 is 0 Å². The smallest absolute Gasteiger partial charge is 0.194 e. The molecule has 0 spiro atoms. The number of carbonyl (C=O) groups excluding carboxylic acids is 2. The average molecular weight is 258 g/mol. The molecule has 0 atom stereocenters. The second-order valence-electron chi connectivity index (χ2n) is 4.98. The van der Waals surface area contributed by atoms with Crippen LogP contribution in [-0.2, 0) is 0 Å². The number of hydrogen-bond donors (Lipinski definition) is 0. The van der Waals surface area contributed by atoms with Gasteiger partial charge in [-0.15, -0.1) is 0 Å². The number of benzene rings is 2. The monoisotopic (exact) mass is 258 g/mol. The molecule has 2 aliphatic carbocycles. The SMILES string of the molecule is O=C1C=CC=c2cc3c(cc21)=Cc1ccccc1C3=O. The molecule has 0 heterocycles. The van der Waals surface area contributed by atoms with E-state index in [9.17, 15) is 9.59 Å². The summed E-state index contributed by atoms with van der Waals surface area (Å²) in [7, 11) is 0. The molecule has 2 aromatic rings. The van der Waals surface area contributed by atoms with Crippen molar-refractivity contribution in [1.82, 2.24) is 0 Å². The summed E-state index contributed by atoms with van der Waals surface area (Å²) >= 11 is 0. The third kappa shape index (κ3) is 1.45. The highest BCUT2D eigenvalue weighted by molar-refractivity contribution is 6.14. The molecule has 0 fully saturated rings. The molecule has 2 aromatic carbocycles. The third-order valence-corrected chi connectivity index (χ3v) is 3.77. The van der Waals surface area contributed by atoms with Gasteiger partial charge in [0.25, 0.3) is 0 Å². The maximum atomic E-state index is 12.5. The number of ketones is 2. The van der Waals surface area contributed by atoms with Gasteiger partial charge in [0, 0.05) is 16.7 Å². The summed E-state index contributed by atoms with van der Waals surface area (Å²) < 4.78 is 0. The van der Waals surface area contributed by atoms with E-state index >= 15 is 0 Å². The van der Waals surface area contributed by atoms with Gasteiger partial charge in [-0.2, -0.15) is 0 Å². The number of rotatable bonds is 0. The van der Waals surface area contributed by atoms with Crippen LogP contribution in [0.2, 0.25) is 0 Å². The summed E-state index contributed by atoms with van der Waals surface area (Å²) in [6.07, 6.45) is 7.11. The first kappa shape index (κ1) is 11.1. The molecule has 94 valence electrons. The maximum Gasteiger partial charge on any atom is 0.194 e. The number of carbonyl (C=O) groups is 2. The van der Waals surface area contributed by atoms with Crippen LogP contribution >= 0.6 is 0 Å². The van der Waals surface area contributed by atoms with Crippen LogP contribution in [0.4, 0.5) is 0 Å². The first-order valence-corrected chi connectivity index (χ1v) is 6.46. The Labute approximate surface area is 115 Å². The van der Waals surface area contributed by atoms with Crippen LogP contribution in [0.3, 0.4) is 0 Å². The largest absolute Gasteiger partial charge is 0.289 e. The minimum absolute atomic E-state index is 0.00925. The van der Waals surface area contributed by atoms with E-state index in [1.165, 1.54) is 0 Å². The highest BCUT2D eigenvalue weighted by atomic mass is 16.1. The zero-order valence-corrected chi connectivity index (χ0v) is 10.6. The molecule has 0 radical (unpaired) electrons. The van der Waals surface area contributed by atoms with E-state index in [2.05, 4.69) is 0 Å². The Bertz CT molecular complexity index is 930. The average Bonchev–Trinajstić information content (AvgIpc) is 2.47. The quantitative estimate of drug-likeness (QED) is 0.613. The van der Waals surface area contributed by atoms with Crippen LogP contribution < -0.4 is 10.4 Å². The Morgan fingerprint density at radius 1 is 0.800 bits per heavy atom. The minimum atomic E-state index is -0.00925. The predicted molar refractivity (Wildman–Crippen MR) is 77.1 cm³/mol. The van der Waals surface area contributed by atoms with E-state index in [4.69, 9.17) is 0 Å². The van der Waals surface area contributed by atoms with Gasteiger partial charge >= 0.3 is 0 Å². The van der Waals surface area contributed by atoms with Gasteiger partial charge in [0.1, 0.15) is 0 Å². The Morgan fingerprint density at radius 3 is 2.50 bits per heavy atom. The van der Waals surface area contributed by atoms with Gasteiger partial charge in [-0.1, -0.05) is 36.4 Å². The van der Waals surface area contributed by atoms with Crippen LogP contribution in [0, 0.1) is 0 Å². The summed E-state index contributed by atoms with van der Waals surface area (Å²) in [6.45, 7) is 0. The van der Waals surface area contributed by atoms with Gasteiger partial charge in [-0.05, 0) is 40.3 Å². The molecule has 0 amide bonds. The first-order chi connectivity index (χ1) is 9.74. The van der Waals surface area contributed by atoms with Crippen molar-refractivity contribution >= 4 is 23.7 Å². The first-order valence-electron chi connectivity index (χ1n) is 6.46. The van der Waals surface area contributed by atoms with Gasteiger partial charge in [0.05, 0.1) is 0 Å². The molecule has 20 heavy (non-hydrogen) atoms. The Morgan fingerprint density at radius 2 is 1.60 bits per heavy atom. The Kier molecular flexibility index (Phi) is 2.15. The fourth-order valence-corrected chi connectivity index (χ4v) is 2.77. The van der Waals surface area contributed by atoms with Gasteiger partial charge in [0.15, 0.2) is 11.6 Å². The third-order valence-electron chi connectivity index (χ3n) is 3.77. The van der Waals surface area contributed by atoms with Gasteiger partial charge in [0.2, 0.25) is 0 Å². The van der Waals surface area contributed by atoms with Gasteiger partial charge in [-0.25, -0.2) is 0 Å². The summed E-state index contributed by atoms with van der Waals surface area (Å²) in [5, 5.41) is 1.64. The zero-order valence-electron chi connectivity index (χ0n) is 10.6. The van der Waals surface area contributed by atoms with Crippen LogP contribution in [0.15, 0.2) is 48.6 Å². The number of fused-ring (bicyclic) bond motifs is 3. The van der Waals surface area contributed by atoms with Crippen molar-refractivity contribution in [3.05, 3.63) is 81.2 Å². The van der Waals surface area contributed by atoms with E-state index in [0.29, 0.717) is 11.1 Å². The second-order valence-corrected chi connectivity index (χ2v) is 4.98. The second kappa shape index (κ2) is 3.87. The van der Waals surface area contributed by atoms with Crippen LogP contribution in [0.5, 0.6) is 0 Å². The molecule has 0 bridgehead atoms. The van der Waals surface area contributed by atoms with Crippen molar-refractivity contribution in [2.24, 2.45) is 0 Å².